The van der Waals surface area contributed by atoms with Crippen molar-refractivity contribution in [3.05, 3.63) is 35.5 Å². The molecule has 0 radical (unpaired) electrons. The number of anilines is 1. The van der Waals surface area contributed by atoms with Gasteiger partial charge >= 0.3 is 0 Å². The standard InChI is InChI=1S/C23H31N3O2S/c1-24-12-13-28-20-10-8-17(9-11-20)23(27)26(2)19-5-3-4-18(14-19)21-15-25-22(29-21)16-6-7-16/h3-5,14-17,20,24H,6-13H2,1-2H3. The molecule has 6 heteroatoms. The minimum atomic E-state index is 0.0951. The lowest BCUT2D eigenvalue weighted by Crippen LogP contribution is -2.36. The van der Waals surface area contributed by atoms with Crippen LogP contribution in [0, 0.1) is 5.92 Å². The summed E-state index contributed by atoms with van der Waals surface area (Å²) in [5.41, 5.74) is 2.11. The van der Waals surface area contributed by atoms with Crippen molar-refractivity contribution in [2.24, 2.45) is 5.92 Å². The Bertz CT molecular complexity index is 825. The minimum absolute atomic E-state index is 0.0951. The molecular formula is C23H31N3O2S. The van der Waals surface area contributed by atoms with Crippen molar-refractivity contribution in [2.75, 3.05) is 32.1 Å². The van der Waals surface area contributed by atoms with Crippen LogP contribution in [-0.2, 0) is 9.53 Å². The van der Waals surface area contributed by atoms with E-state index in [2.05, 4.69) is 22.4 Å². The number of amides is 1. The SMILES string of the molecule is CNCCOC1CCC(C(=O)N(C)c2cccc(-c3cnc(C4CC4)s3)c2)CC1. The van der Waals surface area contributed by atoms with Crippen LogP contribution >= 0.6 is 11.3 Å². The second-order valence-electron chi connectivity index (χ2n) is 8.23. The Hall–Kier alpha value is -1.76. The molecule has 2 aliphatic rings. The molecule has 1 heterocycles. The maximum absolute atomic E-state index is 13.1. The fourth-order valence-electron chi connectivity index (χ4n) is 4.01. The summed E-state index contributed by atoms with van der Waals surface area (Å²) in [6.07, 6.45) is 8.58. The second kappa shape index (κ2) is 9.37. The van der Waals surface area contributed by atoms with E-state index in [4.69, 9.17) is 4.74 Å². The number of likely N-dealkylation sites (N-methyl/N-ethyl adjacent to an activating group) is 1. The molecule has 0 spiro atoms. The molecular weight excluding hydrogens is 382 g/mol. The molecule has 0 saturated heterocycles. The molecule has 2 saturated carbocycles. The molecule has 2 fully saturated rings. The lowest BCUT2D eigenvalue weighted by Gasteiger charge is -2.30. The van der Waals surface area contributed by atoms with E-state index in [0.717, 1.165) is 50.1 Å². The monoisotopic (exact) mass is 413 g/mol. The number of benzene rings is 1. The highest BCUT2D eigenvalue weighted by atomic mass is 32.1. The largest absolute Gasteiger partial charge is 0.377 e. The minimum Gasteiger partial charge on any atom is -0.377 e. The van der Waals surface area contributed by atoms with Gasteiger partial charge < -0.3 is 15.0 Å². The van der Waals surface area contributed by atoms with Gasteiger partial charge in [-0.05, 0) is 63.3 Å². The molecule has 1 aromatic heterocycles. The van der Waals surface area contributed by atoms with Gasteiger partial charge in [-0.1, -0.05) is 12.1 Å². The van der Waals surface area contributed by atoms with Gasteiger partial charge in [0.15, 0.2) is 0 Å². The van der Waals surface area contributed by atoms with Gasteiger partial charge in [0.05, 0.1) is 22.6 Å². The van der Waals surface area contributed by atoms with Crippen LogP contribution < -0.4 is 10.2 Å². The van der Waals surface area contributed by atoms with E-state index >= 15 is 0 Å². The predicted molar refractivity (Wildman–Crippen MR) is 119 cm³/mol. The van der Waals surface area contributed by atoms with Gasteiger partial charge in [0.25, 0.3) is 0 Å². The number of ether oxygens (including phenoxy) is 1. The van der Waals surface area contributed by atoms with Crippen molar-refractivity contribution < 1.29 is 9.53 Å². The number of nitrogens with one attached hydrogen (secondary N) is 1. The first-order chi connectivity index (χ1) is 14.2. The lowest BCUT2D eigenvalue weighted by atomic mass is 9.86. The predicted octanol–water partition coefficient (Wildman–Crippen LogP) is 4.45. The van der Waals surface area contributed by atoms with E-state index in [1.54, 1.807) is 11.3 Å². The zero-order valence-corrected chi connectivity index (χ0v) is 18.2. The fourth-order valence-corrected chi connectivity index (χ4v) is 5.10. The Labute approximate surface area is 177 Å². The molecule has 0 bridgehead atoms. The Morgan fingerprint density at radius 2 is 2.03 bits per heavy atom. The first-order valence-corrected chi connectivity index (χ1v) is 11.6. The number of carbonyl (C=O) groups is 1. The van der Waals surface area contributed by atoms with Crippen molar-refractivity contribution in [1.29, 1.82) is 0 Å². The van der Waals surface area contributed by atoms with Crippen LogP contribution in [0.1, 0.15) is 49.5 Å². The van der Waals surface area contributed by atoms with Gasteiger partial charge in [-0.3, -0.25) is 4.79 Å². The molecule has 29 heavy (non-hydrogen) atoms. The lowest BCUT2D eigenvalue weighted by molar-refractivity contribution is -0.124. The molecule has 0 atom stereocenters. The molecule has 0 unspecified atom stereocenters. The average Bonchev–Trinajstić information content (AvgIpc) is 3.50. The van der Waals surface area contributed by atoms with Gasteiger partial charge in [-0.2, -0.15) is 0 Å². The van der Waals surface area contributed by atoms with Crippen LogP contribution in [0.4, 0.5) is 5.69 Å². The van der Waals surface area contributed by atoms with E-state index in [-0.39, 0.29) is 11.8 Å². The zero-order chi connectivity index (χ0) is 20.2. The molecule has 1 aromatic carbocycles. The number of rotatable bonds is 8. The molecule has 1 amide bonds. The summed E-state index contributed by atoms with van der Waals surface area (Å²) >= 11 is 1.79. The molecule has 2 aromatic rings. The normalized spacial score (nSPS) is 21.9. The topological polar surface area (TPSA) is 54.5 Å². The van der Waals surface area contributed by atoms with Crippen LogP contribution in [0.25, 0.3) is 10.4 Å². The summed E-state index contributed by atoms with van der Waals surface area (Å²) in [5, 5.41) is 4.36. The Morgan fingerprint density at radius 3 is 2.76 bits per heavy atom. The molecule has 5 nitrogen and oxygen atoms in total. The Morgan fingerprint density at radius 1 is 1.24 bits per heavy atom. The number of aromatic nitrogens is 1. The van der Waals surface area contributed by atoms with Crippen LogP contribution in [-0.4, -0.2) is 44.2 Å². The summed E-state index contributed by atoms with van der Waals surface area (Å²) in [6, 6.07) is 8.29. The van der Waals surface area contributed by atoms with Gasteiger partial charge in [-0.15, -0.1) is 11.3 Å². The van der Waals surface area contributed by atoms with Crippen molar-refractivity contribution in [1.82, 2.24) is 10.3 Å². The maximum Gasteiger partial charge on any atom is 0.229 e. The van der Waals surface area contributed by atoms with E-state index < -0.39 is 0 Å². The fraction of sp³-hybridized carbons (Fsp3) is 0.565. The molecule has 0 aliphatic heterocycles. The first kappa shape index (κ1) is 20.5. The summed E-state index contributed by atoms with van der Waals surface area (Å²) in [5.74, 6) is 0.995. The maximum atomic E-state index is 13.1. The van der Waals surface area contributed by atoms with Crippen molar-refractivity contribution in [3.63, 3.8) is 0 Å². The van der Waals surface area contributed by atoms with Crippen LogP contribution in [0.5, 0.6) is 0 Å². The zero-order valence-electron chi connectivity index (χ0n) is 17.4. The molecule has 156 valence electrons. The number of hydrogen-bond acceptors (Lipinski definition) is 5. The van der Waals surface area contributed by atoms with E-state index in [9.17, 15) is 4.79 Å². The van der Waals surface area contributed by atoms with Gasteiger partial charge in [-0.25, -0.2) is 4.98 Å². The molecule has 1 N–H and O–H groups in total. The van der Waals surface area contributed by atoms with E-state index in [0.29, 0.717) is 12.0 Å². The number of thiazole rings is 1. The summed E-state index contributed by atoms with van der Waals surface area (Å²) < 4.78 is 5.89. The Balaban J connectivity index is 1.36. The van der Waals surface area contributed by atoms with Crippen molar-refractivity contribution in [2.45, 2.75) is 50.5 Å². The van der Waals surface area contributed by atoms with E-state index in [1.165, 1.54) is 22.7 Å². The highest BCUT2D eigenvalue weighted by Gasteiger charge is 2.29. The van der Waals surface area contributed by atoms with Gasteiger partial charge in [0, 0.05) is 37.3 Å². The average molecular weight is 414 g/mol. The molecule has 4 rings (SSSR count). The van der Waals surface area contributed by atoms with Crippen molar-refractivity contribution >= 4 is 22.9 Å². The van der Waals surface area contributed by atoms with Gasteiger partial charge in [0.1, 0.15) is 0 Å². The smallest absolute Gasteiger partial charge is 0.229 e. The third-order valence-electron chi connectivity index (χ3n) is 6.03. The second-order valence-corrected chi connectivity index (χ2v) is 9.29. The van der Waals surface area contributed by atoms with Gasteiger partial charge in [0.2, 0.25) is 5.91 Å². The highest BCUT2D eigenvalue weighted by Crippen LogP contribution is 2.43. The number of hydrogen-bond donors (Lipinski definition) is 1. The van der Waals surface area contributed by atoms with Crippen molar-refractivity contribution in [3.8, 4) is 10.4 Å². The quantitative estimate of drug-likeness (QED) is 0.650. The third-order valence-corrected chi connectivity index (χ3v) is 7.24. The summed E-state index contributed by atoms with van der Waals surface area (Å²) in [6.45, 7) is 1.62. The van der Waals surface area contributed by atoms with E-state index in [1.807, 2.05) is 37.3 Å². The summed E-state index contributed by atoms with van der Waals surface area (Å²) in [4.78, 5) is 20.7. The summed E-state index contributed by atoms with van der Waals surface area (Å²) in [7, 11) is 3.84. The van der Waals surface area contributed by atoms with Crippen LogP contribution in [0.15, 0.2) is 30.5 Å². The molecule has 2 aliphatic carbocycles. The first-order valence-electron chi connectivity index (χ1n) is 10.8. The van der Waals surface area contributed by atoms with Crippen LogP contribution in [0.2, 0.25) is 0 Å². The highest BCUT2D eigenvalue weighted by molar-refractivity contribution is 7.15. The third kappa shape index (κ3) is 5.05. The Kier molecular flexibility index (Phi) is 6.63. The number of nitrogens with zero attached hydrogens (tertiary/aromatic N) is 2. The number of carbonyl (C=O) groups excluding carboxylic acids is 1. The van der Waals surface area contributed by atoms with Crippen LogP contribution in [0.3, 0.4) is 0 Å².